The van der Waals surface area contributed by atoms with E-state index in [1.54, 1.807) is 24.3 Å². The van der Waals surface area contributed by atoms with Gasteiger partial charge in [0.15, 0.2) is 0 Å². The van der Waals surface area contributed by atoms with Gasteiger partial charge in [0.1, 0.15) is 11.9 Å². The van der Waals surface area contributed by atoms with Gasteiger partial charge in [0.25, 0.3) is 0 Å². The third kappa shape index (κ3) is 2.63. The number of nitriles is 1. The van der Waals surface area contributed by atoms with Gasteiger partial charge < -0.3 is 5.32 Å². The van der Waals surface area contributed by atoms with Crippen LogP contribution in [0.2, 0.25) is 0 Å². The van der Waals surface area contributed by atoms with Crippen LogP contribution in [-0.2, 0) is 0 Å². The topological polar surface area (TPSA) is 35.8 Å². The summed E-state index contributed by atoms with van der Waals surface area (Å²) in [5.74, 6) is -0.316. The van der Waals surface area contributed by atoms with Crippen LogP contribution < -0.4 is 5.32 Å². The number of nitrogens with one attached hydrogen (secondary N) is 1. The highest BCUT2D eigenvalue weighted by molar-refractivity contribution is 9.10. The zero-order chi connectivity index (χ0) is 12.3. The van der Waals surface area contributed by atoms with Crippen LogP contribution in [-0.4, -0.2) is 0 Å². The maximum Gasteiger partial charge on any atom is 0.125 e. The van der Waals surface area contributed by atoms with Crippen LogP contribution in [0.4, 0.5) is 15.8 Å². The van der Waals surface area contributed by atoms with Crippen molar-refractivity contribution in [3.05, 3.63) is 58.3 Å². The van der Waals surface area contributed by atoms with Crippen molar-refractivity contribution in [1.82, 2.24) is 0 Å². The molecule has 0 saturated carbocycles. The lowest BCUT2D eigenvalue weighted by Gasteiger charge is -2.09. The molecule has 2 aromatic rings. The number of halogens is 2. The molecule has 0 radical (unpaired) electrons. The van der Waals surface area contributed by atoms with Crippen molar-refractivity contribution in [2.75, 3.05) is 5.32 Å². The number of hydrogen-bond acceptors (Lipinski definition) is 2. The Morgan fingerprint density at radius 3 is 2.65 bits per heavy atom. The second-order valence-corrected chi connectivity index (χ2v) is 4.26. The Bertz CT molecular complexity index is 590. The Kier molecular flexibility index (Phi) is 3.40. The second kappa shape index (κ2) is 4.98. The van der Waals surface area contributed by atoms with Gasteiger partial charge >= 0.3 is 0 Å². The van der Waals surface area contributed by atoms with Crippen molar-refractivity contribution < 1.29 is 4.39 Å². The minimum Gasteiger partial charge on any atom is -0.354 e. The van der Waals surface area contributed by atoms with Gasteiger partial charge in [-0.3, -0.25) is 0 Å². The SMILES string of the molecule is N#Cc1c(Br)cccc1Nc1cccc(F)c1. The minimum absolute atomic E-state index is 0.316. The summed E-state index contributed by atoms with van der Waals surface area (Å²) in [5.41, 5.74) is 1.75. The molecule has 4 heteroatoms. The van der Waals surface area contributed by atoms with Gasteiger partial charge in [-0.1, -0.05) is 12.1 Å². The van der Waals surface area contributed by atoms with Crippen LogP contribution in [0.15, 0.2) is 46.9 Å². The van der Waals surface area contributed by atoms with E-state index in [-0.39, 0.29) is 5.82 Å². The summed E-state index contributed by atoms with van der Waals surface area (Å²) >= 11 is 3.30. The van der Waals surface area contributed by atoms with Crippen molar-refractivity contribution in [3.8, 4) is 6.07 Å². The summed E-state index contributed by atoms with van der Waals surface area (Å²) in [6.45, 7) is 0. The van der Waals surface area contributed by atoms with Crippen LogP contribution in [0.5, 0.6) is 0 Å². The first kappa shape index (κ1) is 11.6. The van der Waals surface area contributed by atoms with Crippen LogP contribution >= 0.6 is 15.9 Å². The Balaban J connectivity index is 2.37. The molecule has 0 fully saturated rings. The summed E-state index contributed by atoms with van der Waals surface area (Å²) in [5, 5.41) is 12.1. The first-order valence-electron chi connectivity index (χ1n) is 4.92. The number of rotatable bonds is 2. The Morgan fingerprint density at radius 1 is 1.18 bits per heavy atom. The Morgan fingerprint density at radius 2 is 1.94 bits per heavy atom. The molecule has 2 rings (SSSR count). The predicted octanol–water partition coefficient (Wildman–Crippen LogP) is 4.20. The standard InChI is InChI=1S/C13H8BrFN2/c14-12-5-2-6-13(11(12)8-16)17-10-4-1-3-9(15)7-10/h1-7,17H. The fraction of sp³-hybridized carbons (Fsp3) is 0. The van der Waals surface area contributed by atoms with E-state index in [4.69, 9.17) is 5.26 Å². The molecule has 0 spiro atoms. The normalized spacial score (nSPS) is 9.71. The largest absolute Gasteiger partial charge is 0.354 e. The van der Waals surface area contributed by atoms with Gasteiger partial charge in [0.2, 0.25) is 0 Å². The second-order valence-electron chi connectivity index (χ2n) is 3.41. The lowest BCUT2D eigenvalue weighted by molar-refractivity contribution is 0.628. The third-order valence-electron chi connectivity index (χ3n) is 2.23. The Labute approximate surface area is 107 Å². The monoisotopic (exact) mass is 290 g/mol. The van der Waals surface area contributed by atoms with Crippen molar-refractivity contribution in [1.29, 1.82) is 5.26 Å². The summed E-state index contributed by atoms with van der Waals surface area (Å²) in [6, 6.07) is 13.6. The highest BCUT2D eigenvalue weighted by atomic mass is 79.9. The molecule has 0 aliphatic carbocycles. The minimum atomic E-state index is -0.316. The molecule has 0 aliphatic heterocycles. The first-order valence-corrected chi connectivity index (χ1v) is 5.71. The van der Waals surface area contributed by atoms with E-state index in [0.717, 1.165) is 0 Å². The van der Waals surface area contributed by atoms with E-state index >= 15 is 0 Å². The van der Waals surface area contributed by atoms with Gasteiger partial charge in [0.05, 0.1) is 11.3 Å². The van der Waals surface area contributed by atoms with Gasteiger partial charge in [-0.2, -0.15) is 5.26 Å². The molecule has 0 atom stereocenters. The molecule has 0 aliphatic rings. The van der Waals surface area contributed by atoms with E-state index in [1.807, 2.05) is 6.07 Å². The van der Waals surface area contributed by atoms with Crippen LogP contribution in [0, 0.1) is 17.1 Å². The average Bonchev–Trinajstić information content (AvgIpc) is 2.29. The predicted molar refractivity (Wildman–Crippen MR) is 68.5 cm³/mol. The van der Waals surface area contributed by atoms with Crippen molar-refractivity contribution in [2.24, 2.45) is 0 Å². The smallest absolute Gasteiger partial charge is 0.125 e. The van der Waals surface area contributed by atoms with Crippen LogP contribution in [0.3, 0.4) is 0 Å². The van der Waals surface area contributed by atoms with Crippen LogP contribution in [0.1, 0.15) is 5.56 Å². The van der Waals surface area contributed by atoms with Crippen molar-refractivity contribution >= 4 is 27.3 Å². The van der Waals surface area contributed by atoms with E-state index in [1.165, 1.54) is 12.1 Å². The lowest BCUT2D eigenvalue weighted by Crippen LogP contribution is -1.94. The molecular weight excluding hydrogens is 283 g/mol. The van der Waals surface area contributed by atoms with E-state index in [9.17, 15) is 4.39 Å². The molecule has 2 aromatic carbocycles. The molecule has 0 bridgehead atoms. The number of benzene rings is 2. The van der Waals surface area contributed by atoms with Gasteiger partial charge in [-0.25, -0.2) is 4.39 Å². The Hall–Kier alpha value is -1.86. The number of nitrogens with zero attached hydrogens (tertiary/aromatic N) is 1. The van der Waals surface area contributed by atoms with Crippen molar-refractivity contribution in [2.45, 2.75) is 0 Å². The summed E-state index contributed by atoms with van der Waals surface area (Å²) in [7, 11) is 0. The van der Waals surface area contributed by atoms with E-state index < -0.39 is 0 Å². The van der Waals surface area contributed by atoms with E-state index in [2.05, 4.69) is 27.3 Å². The molecule has 0 aromatic heterocycles. The number of hydrogen-bond donors (Lipinski definition) is 1. The molecular formula is C13H8BrFN2. The van der Waals surface area contributed by atoms with Gasteiger partial charge in [-0.05, 0) is 46.3 Å². The zero-order valence-corrected chi connectivity index (χ0v) is 10.3. The molecule has 0 saturated heterocycles. The summed E-state index contributed by atoms with van der Waals surface area (Å²) in [4.78, 5) is 0. The lowest BCUT2D eigenvalue weighted by atomic mass is 10.2. The van der Waals surface area contributed by atoms with Crippen molar-refractivity contribution in [3.63, 3.8) is 0 Å². The molecule has 17 heavy (non-hydrogen) atoms. The highest BCUT2D eigenvalue weighted by Gasteiger charge is 2.06. The molecule has 0 unspecified atom stereocenters. The maximum atomic E-state index is 13.0. The molecule has 2 nitrogen and oxygen atoms in total. The van der Waals surface area contributed by atoms with E-state index in [0.29, 0.717) is 21.4 Å². The van der Waals surface area contributed by atoms with Gasteiger partial charge in [0, 0.05) is 10.2 Å². The third-order valence-corrected chi connectivity index (χ3v) is 2.89. The quantitative estimate of drug-likeness (QED) is 0.900. The molecule has 84 valence electrons. The molecule has 1 N–H and O–H groups in total. The zero-order valence-electron chi connectivity index (χ0n) is 8.74. The fourth-order valence-corrected chi connectivity index (χ4v) is 1.92. The van der Waals surface area contributed by atoms with Crippen LogP contribution in [0.25, 0.3) is 0 Å². The molecule has 0 amide bonds. The van der Waals surface area contributed by atoms with Gasteiger partial charge in [-0.15, -0.1) is 0 Å². The summed E-state index contributed by atoms with van der Waals surface area (Å²) in [6.07, 6.45) is 0. The fourth-order valence-electron chi connectivity index (χ4n) is 1.46. The first-order chi connectivity index (χ1) is 8.20. The summed E-state index contributed by atoms with van der Waals surface area (Å²) < 4.78 is 13.7. The number of anilines is 2. The average molecular weight is 291 g/mol. The highest BCUT2D eigenvalue weighted by Crippen LogP contribution is 2.26. The molecule has 0 heterocycles. The maximum absolute atomic E-state index is 13.0.